The van der Waals surface area contributed by atoms with E-state index in [0.29, 0.717) is 10.8 Å². The predicted octanol–water partition coefficient (Wildman–Crippen LogP) is 6.68. The second-order valence-corrected chi connectivity index (χ2v) is 9.48. The van der Waals surface area contributed by atoms with Crippen LogP contribution in [0.4, 0.5) is 0 Å². The Balaban J connectivity index is 1.67. The van der Waals surface area contributed by atoms with Gasteiger partial charge < -0.3 is 0 Å². The zero-order chi connectivity index (χ0) is 15.5. The highest BCUT2D eigenvalue weighted by Crippen LogP contribution is 2.65. The van der Waals surface area contributed by atoms with E-state index < -0.39 is 0 Å². The molecular weight excluding hydrogens is 264 g/mol. The summed E-state index contributed by atoms with van der Waals surface area (Å²) in [5, 5.41) is 0. The van der Waals surface area contributed by atoms with Crippen molar-refractivity contribution in [3.63, 3.8) is 0 Å². The number of rotatable bonds is 1. The summed E-state index contributed by atoms with van der Waals surface area (Å²) in [7, 11) is 0. The summed E-state index contributed by atoms with van der Waals surface area (Å²) in [4.78, 5) is 0. The summed E-state index contributed by atoms with van der Waals surface area (Å²) in [6.45, 7) is 11.7. The Morgan fingerprint density at radius 1 is 1.09 bits per heavy atom. The van der Waals surface area contributed by atoms with Crippen molar-refractivity contribution in [2.75, 3.05) is 0 Å². The fourth-order valence-corrected chi connectivity index (χ4v) is 7.55. The lowest BCUT2D eigenvalue weighted by molar-refractivity contribution is 0.0333. The van der Waals surface area contributed by atoms with Crippen molar-refractivity contribution in [1.82, 2.24) is 0 Å². The zero-order valence-electron chi connectivity index (χ0n) is 15.0. The normalized spacial score (nSPS) is 47.7. The summed E-state index contributed by atoms with van der Waals surface area (Å²) < 4.78 is 0. The van der Waals surface area contributed by atoms with E-state index in [-0.39, 0.29) is 0 Å². The Labute approximate surface area is 137 Å². The maximum Gasteiger partial charge on any atom is -0.00797 e. The first kappa shape index (κ1) is 15.0. The van der Waals surface area contributed by atoms with E-state index in [2.05, 4.69) is 27.4 Å². The first-order valence-corrected chi connectivity index (χ1v) is 9.81. The summed E-state index contributed by atoms with van der Waals surface area (Å²) in [6, 6.07) is 0. The van der Waals surface area contributed by atoms with Gasteiger partial charge >= 0.3 is 0 Å². The van der Waals surface area contributed by atoms with Crippen LogP contribution in [-0.4, -0.2) is 0 Å². The van der Waals surface area contributed by atoms with E-state index in [4.69, 9.17) is 0 Å². The van der Waals surface area contributed by atoms with Gasteiger partial charge in [0.1, 0.15) is 0 Å². The molecule has 4 aliphatic carbocycles. The van der Waals surface area contributed by atoms with Crippen LogP contribution in [0.15, 0.2) is 23.3 Å². The van der Waals surface area contributed by atoms with Crippen LogP contribution >= 0.6 is 0 Å². The van der Waals surface area contributed by atoms with Gasteiger partial charge in [0, 0.05) is 0 Å². The van der Waals surface area contributed by atoms with Gasteiger partial charge in [0.25, 0.3) is 0 Å². The highest BCUT2D eigenvalue weighted by atomic mass is 14.6. The van der Waals surface area contributed by atoms with Crippen LogP contribution < -0.4 is 0 Å². The van der Waals surface area contributed by atoms with Crippen LogP contribution in [0, 0.1) is 28.6 Å². The van der Waals surface area contributed by atoms with Crippen molar-refractivity contribution in [3.8, 4) is 0 Å². The second-order valence-electron chi connectivity index (χ2n) is 9.48. The third-order valence-electron chi connectivity index (χ3n) is 8.50. The van der Waals surface area contributed by atoms with Gasteiger partial charge in [-0.2, -0.15) is 0 Å². The van der Waals surface area contributed by atoms with Crippen LogP contribution in [0.5, 0.6) is 0 Å². The molecule has 4 rings (SSSR count). The molecule has 5 unspecified atom stereocenters. The molecule has 0 aromatic heterocycles. The number of fused-ring (bicyclic) bond motifs is 3. The average molecular weight is 299 g/mol. The van der Waals surface area contributed by atoms with E-state index in [1.165, 1.54) is 69.8 Å². The molecule has 0 aromatic rings. The molecule has 1 spiro atoms. The molecule has 3 saturated carbocycles. The fraction of sp³-hybridized carbons (Fsp3) is 0.818. The maximum absolute atomic E-state index is 4.36. The van der Waals surface area contributed by atoms with Crippen molar-refractivity contribution in [2.24, 2.45) is 28.6 Å². The molecule has 0 saturated heterocycles. The SMILES string of the molecule is C=C(C)C1CCC2C3CCC4=C(C)CCC4(CCCC12C)C3. The van der Waals surface area contributed by atoms with Crippen LogP contribution in [0.25, 0.3) is 0 Å². The van der Waals surface area contributed by atoms with Gasteiger partial charge in [-0.1, -0.05) is 36.6 Å². The molecule has 0 aliphatic heterocycles. The van der Waals surface area contributed by atoms with Gasteiger partial charge in [-0.25, -0.2) is 0 Å². The van der Waals surface area contributed by atoms with Crippen molar-refractivity contribution in [2.45, 2.75) is 85.0 Å². The molecule has 0 nitrogen and oxygen atoms in total. The van der Waals surface area contributed by atoms with Gasteiger partial charge in [-0.05, 0) is 100 Å². The van der Waals surface area contributed by atoms with Crippen molar-refractivity contribution in [3.05, 3.63) is 23.3 Å². The quantitative estimate of drug-likeness (QED) is 0.474. The Morgan fingerprint density at radius 3 is 2.68 bits per heavy atom. The van der Waals surface area contributed by atoms with E-state index in [0.717, 1.165) is 17.8 Å². The zero-order valence-corrected chi connectivity index (χ0v) is 15.0. The first-order valence-electron chi connectivity index (χ1n) is 9.81. The molecule has 4 aliphatic rings. The minimum Gasteiger partial charge on any atom is -0.0998 e. The molecule has 0 aromatic carbocycles. The molecule has 22 heavy (non-hydrogen) atoms. The monoisotopic (exact) mass is 298 g/mol. The smallest absolute Gasteiger partial charge is 0.00797 e. The summed E-state index contributed by atoms with van der Waals surface area (Å²) in [5.41, 5.74) is 6.37. The Kier molecular flexibility index (Phi) is 3.41. The van der Waals surface area contributed by atoms with Crippen molar-refractivity contribution in [1.29, 1.82) is 0 Å². The van der Waals surface area contributed by atoms with Crippen LogP contribution in [0.2, 0.25) is 0 Å². The van der Waals surface area contributed by atoms with Gasteiger partial charge in [0.2, 0.25) is 0 Å². The van der Waals surface area contributed by atoms with Gasteiger partial charge in [-0.15, -0.1) is 0 Å². The van der Waals surface area contributed by atoms with Crippen LogP contribution in [0.1, 0.15) is 85.0 Å². The van der Waals surface area contributed by atoms with Crippen molar-refractivity contribution < 1.29 is 0 Å². The number of allylic oxidation sites excluding steroid dienone is 3. The second kappa shape index (κ2) is 4.99. The topological polar surface area (TPSA) is 0 Å². The Morgan fingerprint density at radius 2 is 1.91 bits per heavy atom. The molecule has 0 N–H and O–H groups in total. The van der Waals surface area contributed by atoms with Gasteiger partial charge in [0.15, 0.2) is 0 Å². The highest BCUT2D eigenvalue weighted by Gasteiger charge is 2.54. The number of hydrogen-bond donors (Lipinski definition) is 0. The van der Waals surface area contributed by atoms with E-state index in [1.807, 2.05) is 5.57 Å². The lowest BCUT2D eigenvalue weighted by Crippen LogP contribution is -2.41. The van der Waals surface area contributed by atoms with E-state index in [1.54, 1.807) is 5.57 Å². The Hall–Kier alpha value is -0.520. The molecule has 0 amide bonds. The van der Waals surface area contributed by atoms with Gasteiger partial charge in [-0.3, -0.25) is 0 Å². The standard InChI is InChI=1S/C22H34/c1-15(2)18-8-9-20-17-6-7-19-16(3)10-13-22(19,14-17)12-5-11-21(18,20)4/h17-18,20H,1,5-14H2,2-4H3. The van der Waals surface area contributed by atoms with Gasteiger partial charge in [0.05, 0.1) is 0 Å². The molecule has 0 radical (unpaired) electrons. The molecule has 3 fully saturated rings. The number of hydrogen-bond acceptors (Lipinski definition) is 0. The highest BCUT2D eigenvalue weighted by molar-refractivity contribution is 5.30. The largest absolute Gasteiger partial charge is 0.0998 e. The van der Waals surface area contributed by atoms with Crippen LogP contribution in [-0.2, 0) is 0 Å². The first-order chi connectivity index (χ1) is 10.5. The van der Waals surface area contributed by atoms with Crippen LogP contribution in [0.3, 0.4) is 0 Å². The summed E-state index contributed by atoms with van der Waals surface area (Å²) in [6.07, 6.45) is 14.6. The lowest BCUT2D eigenvalue weighted by Gasteiger charge is -2.51. The lowest BCUT2D eigenvalue weighted by atomic mass is 9.54. The molecule has 0 heteroatoms. The molecular formula is C22H34. The molecule has 122 valence electrons. The molecule has 2 bridgehead atoms. The maximum atomic E-state index is 4.36. The third-order valence-corrected chi connectivity index (χ3v) is 8.50. The van der Waals surface area contributed by atoms with Crippen molar-refractivity contribution >= 4 is 0 Å². The Bertz CT molecular complexity index is 524. The fourth-order valence-electron chi connectivity index (χ4n) is 7.55. The molecule has 0 heterocycles. The summed E-state index contributed by atoms with van der Waals surface area (Å²) >= 11 is 0. The minimum atomic E-state index is 0.562. The molecule has 5 atom stereocenters. The van der Waals surface area contributed by atoms with E-state index >= 15 is 0 Å². The third kappa shape index (κ3) is 1.95. The average Bonchev–Trinajstić information content (AvgIpc) is 2.96. The minimum absolute atomic E-state index is 0.562. The summed E-state index contributed by atoms with van der Waals surface area (Å²) in [5.74, 6) is 2.78. The van der Waals surface area contributed by atoms with E-state index in [9.17, 15) is 0 Å². The predicted molar refractivity (Wildman–Crippen MR) is 94.7 cm³/mol.